The van der Waals surface area contributed by atoms with Crippen molar-refractivity contribution in [3.05, 3.63) is 23.8 Å². The number of nitrogens with one attached hydrogen (secondary N) is 1. The number of carboxylic acids is 1. The van der Waals surface area contributed by atoms with Crippen molar-refractivity contribution in [1.82, 2.24) is 10.2 Å². The molecule has 0 radical (unpaired) electrons. The largest absolute Gasteiger partial charge is 0.508 e. The number of benzene rings is 1. The molecule has 1 saturated heterocycles. The van der Waals surface area contributed by atoms with Crippen LogP contribution in [0.3, 0.4) is 0 Å². The standard InChI is InChI=1S/C13H14N2O6/c16-8-3-7(4-9(17)5-8)13(21)15-2-1-14-12(20)10(15)6-11(18)19/h3-5,10,16-17H,1-2,6H2,(H,14,20)(H,18,19). The van der Waals surface area contributed by atoms with Crippen molar-refractivity contribution in [2.24, 2.45) is 0 Å². The number of hydrogen-bond acceptors (Lipinski definition) is 5. The van der Waals surface area contributed by atoms with Gasteiger partial charge < -0.3 is 25.5 Å². The normalized spacial score (nSPS) is 18.2. The lowest BCUT2D eigenvalue weighted by Gasteiger charge is -2.34. The van der Waals surface area contributed by atoms with Gasteiger partial charge in [0.2, 0.25) is 5.91 Å². The van der Waals surface area contributed by atoms with E-state index in [0.29, 0.717) is 0 Å². The Hall–Kier alpha value is -2.77. The second-order valence-corrected chi connectivity index (χ2v) is 4.64. The van der Waals surface area contributed by atoms with Crippen LogP contribution in [0, 0.1) is 0 Å². The molecule has 1 aliphatic heterocycles. The van der Waals surface area contributed by atoms with Gasteiger partial charge in [0.1, 0.15) is 17.5 Å². The molecule has 2 amide bonds. The SMILES string of the molecule is O=C(O)CC1C(=O)NCCN1C(=O)c1cc(O)cc(O)c1. The molecule has 2 rings (SSSR count). The van der Waals surface area contributed by atoms with Gasteiger partial charge in [-0.1, -0.05) is 0 Å². The maximum atomic E-state index is 12.4. The number of phenolic OH excluding ortho intramolecular Hbond substituents is 2. The van der Waals surface area contributed by atoms with Gasteiger partial charge in [0.25, 0.3) is 5.91 Å². The number of phenols is 2. The molecule has 0 aliphatic carbocycles. The van der Waals surface area contributed by atoms with Crippen LogP contribution in [0.25, 0.3) is 0 Å². The zero-order valence-electron chi connectivity index (χ0n) is 10.9. The second kappa shape index (κ2) is 5.70. The second-order valence-electron chi connectivity index (χ2n) is 4.64. The van der Waals surface area contributed by atoms with Gasteiger partial charge in [0.15, 0.2) is 0 Å². The fourth-order valence-electron chi connectivity index (χ4n) is 2.21. The predicted molar refractivity (Wildman–Crippen MR) is 69.9 cm³/mol. The number of carbonyl (C=O) groups is 3. The molecular weight excluding hydrogens is 280 g/mol. The van der Waals surface area contributed by atoms with Crippen LogP contribution in [0.2, 0.25) is 0 Å². The zero-order chi connectivity index (χ0) is 15.6. The fraction of sp³-hybridized carbons (Fsp3) is 0.308. The highest BCUT2D eigenvalue weighted by Crippen LogP contribution is 2.23. The first kappa shape index (κ1) is 14.6. The summed E-state index contributed by atoms with van der Waals surface area (Å²) in [6, 6.07) is 2.24. The molecule has 0 aromatic heterocycles. The van der Waals surface area contributed by atoms with Gasteiger partial charge in [-0.25, -0.2) is 0 Å². The molecule has 1 fully saturated rings. The number of amides is 2. The number of hydrogen-bond donors (Lipinski definition) is 4. The van der Waals surface area contributed by atoms with Gasteiger partial charge in [0.05, 0.1) is 6.42 Å². The van der Waals surface area contributed by atoms with Crippen molar-refractivity contribution >= 4 is 17.8 Å². The fourth-order valence-corrected chi connectivity index (χ4v) is 2.21. The van der Waals surface area contributed by atoms with Crippen molar-refractivity contribution < 1.29 is 29.7 Å². The summed E-state index contributed by atoms with van der Waals surface area (Å²) < 4.78 is 0. The number of rotatable bonds is 3. The maximum absolute atomic E-state index is 12.4. The minimum absolute atomic E-state index is 0.0161. The molecular formula is C13H14N2O6. The van der Waals surface area contributed by atoms with Crippen LogP contribution in [-0.2, 0) is 9.59 Å². The van der Waals surface area contributed by atoms with Crippen LogP contribution in [0.5, 0.6) is 11.5 Å². The summed E-state index contributed by atoms with van der Waals surface area (Å²) in [4.78, 5) is 36.1. The third-order valence-electron chi connectivity index (χ3n) is 3.11. The van der Waals surface area contributed by atoms with Gasteiger partial charge in [0, 0.05) is 24.7 Å². The first-order valence-corrected chi connectivity index (χ1v) is 6.22. The van der Waals surface area contributed by atoms with Crippen LogP contribution < -0.4 is 5.32 Å². The average Bonchev–Trinajstić information content (AvgIpc) is 2.38. The molecule has 1 atom stereocenters. The minimum Gasteiger partial charge on any atom is -0.508 e. The van der Waals surface area contributed by atoms with E-state index >= 15 is 0 Å². The van der Waals surface area contributed by atoms with E-state index in [2.05, 4.69) is 5.32 Å². The van der Waals surface area contributed by atoms with E-state index < -0.39 is 30.2 Å². The van der Waals surface area contributed by atoms with Gasteiger partial charge >= 0.3 is 5.97 Å². The van der Waals surface area contributed by atoms with E-state index in [9.17, 15) is 24.6 Å². The Morgan fingerprint density at radius 1 is 1.24 bits per heavy atom. The highest BCUT2D eigenvalue weighted by molar-refractivity contribution is 5.99. The van der Waals surface area contributed by atoms with Crippen molar-refractivity contribution in [2.45, 2.75) is 12.5 Å². The Labute approximate surface area is 119 Å². The van der Waals surface area contributed by atoms with Crippen LogP contribution in [0.4, 0.5) is 0 Å². The summed E-state index contributed by atoms with van der Waals surface area (Å²) in [5, 5.41) is 30.1. The predicted octanol–water partition coefficient (Wildman–Crippen LogP) is -0.487. The lowest BCUT2D eigenvalue weighted by Crippen LogP contribution is -2.57. The molecule has 1 aromatic rings. The number of nitrogens with zero attached hydrogens (tertiary/aromatic N) is 1. The summed E-state index contributed by atoms with van der Waals surface area (Å²) in [6.45, 7) is 0.366. The first-order valence-electron chi connectivity index (χ1n) is 6.22. The van der Waals surface area contributed by atoms with E-state index in [-0.39, 0.29) is 30.2 Å². The maximum Gasteiger partial charge on any atom is 0.305 e. The smallest absolute Gasteiger partial charge is 0.305 e. The van der Waals surface area contributed by atoms with E-state index in [4.69, 9.17) is 5.11 Å². The highest BCUT2D eigenvalue weighted by Gasteiger charge is 2.35. The van der Waals surface area contributed by atoms with Crippen LogP contribution in [0.1, 0.15) is 16.8 Å². The molecule has 0 bridgehead atoms. The van der Waals surface area contributed by atoms with Gasteiger partial charge in [-0.05, 0) is 12.1 Å². The van der Waals surface area contributed by atoms with E-state index in [1.165, 1.54) is 0 Å². The molecule has 4 N–H and O–H groups in total. The summed E-state index contributed by atoms with van der Waals surface area (Å²) in [5.74, 6) is -2.96. The summed E-state index contributed by atoms with van der Waals surface area (Å²) >= 11 is 0. The Morgan fingerprint density at radius 2 is 1.86 bits per heavy atom. The Kier molecular flexibility index (Phi) is 3.97. The van der Waals surface area contributed by atoms with E-state index in [0.717, 1.165) is 23.1 Å². The van der Waals surface area contributed by atoms with Crippen LogP contribution in [-0.4, -0.2) is 57.1 Å². The molecule has 0 saturated carbocycles. The third kappa shape index (κ3) is 3.22. The van der Waals surface area contributed by atoms with Gasteiger partial charge in [-0.2, -0.15) is 0 Å². The number of carboxylic acid groups (broad SMARTS) is 1. The van der Waals surface area contributed by atoms with Crippen LogP contribution in [0.15, 0.2) is 18.2 Å². The molecule has 1 heterocycles. The Morgan fingerprint density at radius 3 is 2.43 bits per heavy atom. The van der Waals surface area contributed by atoms with Crippen molar-refractivity contribution in [3.63, 3.8) is 0 Å². The molecule has 112 valence electrons. The number of aromatic hydroxyl groups is 2. The van der Waals surface area contributed by atoms with E-state index in [1.807, 2.05) is 0 Å². The summed E-state index contributed by atoms with van der Waals surface area (Å²) in [5.41, 5.74) is -0.0161. The monoisotopic (exact) mass is 294 g/mol. The number of carbonyl (C=O) groups excluding carboxylic acids is 2. The summed E-state index contributed by atoms with van der Waals surface area (Å²) in [7, 11) is 0. The molecule has 1 aliphatic rings. The topological polar surface area (TPSA) is 127 Å². The molecule has 0 spiro atoms. The van der Waals surface area contributed by atoms with Gasteiger partial charge in [-0.15, -0.1) is 0 Å². The van der Waals surface area contributed by atoms with Gasteiger partial charge in [-0.3, -0.25) is 14.4 Å². The quantitative estimate of drug-likeness (QED) is 0.596. The number of piperazine rings is 1. The molecule has 21 heavy (non-hydrogen) atoms. The molecule has 8 nitrogen and oxygen atoms in total. The minimum atomic E-state index is -1.20. The lowest BCUT2D eigenvalue weighted by atomic mass is 10.1. The highest BCUT2D eigenvalue weighted by atomic mass is 16.4. The first-order chi connectivity index (χ1) is 9.88. The molecule has 1 aromatic carbocycles. The average molecular weight is 294 g/mol. The van der Waals surface area contributed by atoms with Crippen molar-refractivity contribution in [3.8, 4) is 11.5 Å². The molecule has 1 unspecified atom stereocenters. The van der Waals surface area contributed by atoms with Crippen molar-refractivity contribution in [2.75, 3.05) is 13.1 Å². The Bertz CT molecular complexity index is 580. The summed E-state index contributed by atoms with van der Waals surface area (Å²) in [6.07, 6.45) is -0.512. The Balaban J connectivity index is 2.30. The zero-order valence-corrected chi connectivity index (χ0v) is 10.9. The molecule has 8 heteroatoms. The third-order valence-corrected chi connectivity index (χ3v) is 3.11. The van der Waals surface area contributed by atoms with Crippen molar-refractivity contribution in [1.29, 1.82) is 0 Å². The van der Waals surface area contributed by atoms with Crippen LogP contribution >= 0.6 is 0 Å². The lowest BCUT2D eigenvalue weighted by molar-refractivity contribution is -0.142. The van der Waals surface area contributed by atoms with E-state index in [1.54, 1.807) is 0 Å². The number of aliphatic carboxylic acids is 1.